The fourth-order valence-corrected chi connectivity index (χ4v) is 1.78. The van der Waals surface area contributed by atoms with Crippen LogP contribution in [-0.2, 0) is 13.6 Å². The molecule has 4 nitrogen and oxygen atoms in total. The van der Waals surface area contributed by atoms with Crippen LogP contribution in [0.25, 0.3) is 0 Å². The predicted octanol–water partition coefficient (Wildman–Crippen LogP) is 0.784. The van der Waals surface area contributed by atoms with E-state index in [1.165, 1.54) is 15.6 Å². The van der Waals surface area contributed by atoms with Crippen LogP contribution in [0.3, 0.4) is 0 Å². The molecule has 0 aliphatic carbocycles. The Morgan fingerprint density at radius 2 is 2.21 bits per heavy atom. The van der Waals surface area contributed by atoms with Gasteiger partial charge in [0.25, 0.3) is 0 Å². The van der Waals surface area contributed by atoms with Gasteiger partial charge in [-0.1, -0.05) is 13.8 Å². The van der Waals surface area contributed by atoms with E-state index in [9.17, 15) is 4.79 Å². The van der Waals surface area contributed by atoms with Crippen LogP contribution in [0.1, 0.15) is 13.8 Å². The summed E-state index contributed by atoms with van der Waals surface area (Å²) in [4.78, 5) is 11.5. The smallest absolute Gasteiger partial charge is 0.285 e. The summed E-state index contributed by atoms with van der Waals surface area (Å²) in [6, 6.07) is 0. The molecule has 0 aromatic carbocycles. The van der Waals surface area contributed by atoms with Gasteiger partial charge in [0.2, 0.25) is 0 Å². The van der Waals surface area contributed by atoms with Gasteiger partial charge in [0, 0.05) is 7.05 Å². The highest BCUT2D eigenvalue weighted by Crippen LogP contribution is 2.13. The first-order valence-corrected chi connectivity index (χ1v) is 5.38. The summed E-state index contributed by atoms with van der Waals surface area (Å²) >= 11 is 4.28. The van der Waals surface area contributed by atoms with E-state index in [4.69, 9.17) is 0 Å². The topological polar surface area (TPSA) is 39.8 Å². The number of hydrogen-bond donors (Lipinski definition) is 1. The Morgan fingerprint density at radius 1 is 1.57 bits per heavy atom. The first-order chi connectivity index (χ1) is 6.56. The average molecular weight is 215 g/mol. The van der Waals surface area contributed by atoms with Crippen molar-refractivity contribution in [1.29, 1.82) is 0 Å². The maximum Gasteiger partial charge on any atom is 0.345 e. The lowest BCUT2D eigenvalue weighted by molar-refractivity contribution is 0.349. The van der Waals surface area contributed by atoms with Gasteiger partial charge >= 0.3 is 5.69 Å². The van der Waals surface area contributed by atoms with Crippen LogP contribution >= 0.6 is 12.6 Å². The second kappa shape index (κ2) is 4.68. The van der Waals surface area contributed by atoms with Crippen LogP contribution in [-0.4, -0.2) is 20.1 Å². The van der Waals surface area contributed by atoms with Crippen molar-refractivity contribution in [1.82, 2.24) is 14.3 Å². The summed E-state index contributed by atoms with van der Waals surface area (Å²) in [5, 5.41) is 4.02. The maximum atomic E-state index is 11.5. The first kappa shape index (κ1) is 11.4. The van der Waals surface area contributed by atoms with Crippen molar-refractivity contribution in [3.05, 3.63) is 16.8 Å². The summed E-state index contributed by atoms with van der Waals surface area (Å²) in [5.74, 6) is 1.69. The van der Waals surface area contributed by atoms with Crippen molar-refractivity contribution >= 4 is 12.6 Å². The third-order valence-corrected chi connectivity index (χ3v) is 2.94. The van der Waals surface area contributed by atoms with Crippen LogP contribution in [0.15, 0.2) is 11.1 Å². The van der Waals surface area contributed by atoms with Gasteiger partial charge in [0.1, 0.15) is 6.33 Å². The van der Waals surface area contributed by atoms with E-state index in [0.717, 1.165) is 5.75 Å². The number of nitrogens with zero attached hydrogens (tertiary/aromatic N) is 3. The van der Waals surface area contributed by atoms with Crippen LogP contribution in [0.4, 0.5) is 0 Å². The van der Waals surface area contributed by atoms with E-state index in [-0.39, 0.29) is 5.69 Å². The van der Waals surface area contributed by atoms with E-state index in [2.05, 4.69) is 31.6 Å². The fourth-order valence-electron chi connectivity index (χ4n) is 1.25. The molecule has 0 saturated heterocycles. The van der Waals surface area contributed by atoms with Gasteiger partial charge in [-0.15, -0.1) is 0 Å². The number of hydrogen-bond acceptors (Lipinski definition) is 3. The lowest BCUT2D eigenvalue weighted by atomic mass is 9.98. The second-order valence-corrected chi connectivity index (χ2v) is 4.26. The predicted molar refractivity (Wildman–Crippen MR) is 59.6 cm³/mol. The minimum absolute atomic E-state index is 0.0579. The molecule has 1 unspecified atom stereocenters. The Kier molecular flexibility index (Phi) is 3.80. The monoisotopic (exact) mass is 215 g/mol. The van der Waals surface area contributed by atoms with Crippen molar-refractivity contribution in [2.75, 3.05) is 5.75 Å². The summed E-state index contributed by atoms with van der Waals surface area (Å²) < 4.78 is 2.98. The highest BCUT2D eigenvalue weighted by molar-refractivity contribution is 7.80. The lowest BCUT2D eigenvalue weighted by Crippen LogP contribution is -2.28. The maximum absolute atomic E-state index is 11.5. The van der Waals surface area contributed by atoms with Crippen LogP contribution in [0, 0.1) is 11.8 Å². The Labute approximate surface area is 89.3 Å². The molecule has 0 fully saturated rings. The molecule has 0 aliphatic rings. The molecule has 0 saturated carbocycles. The summed E-state index contributed by atoms with van der Waals surface area (Å²) in [6.45, 7) is 4.92. The van der Waals surface area contributed by atoms with Crippen LogP contribution in [0.5, 0.6) is 0 Å². The van der Waals surface area contributed by atoms with Crippen LogP contribution in [0.2, 0.25) is 0 Å². The molecule has 80 valence electrons. The normalized spacial score (nSPS) is 13.5. The quantitative estimate of drug-likeness (QED) is 0.754. The first-order valence-electron chi connectivity index (χ1n) is 4.75. The molecule has 0 bridgehead atoms. The molecule has 5 heteroatoms. The molecule has 1 heterocycles. The largest absolute Gasteiger partial charge is 0.345 e. The van der Waals surface area contributed by atoms with Crippen molar-refractivity contribution in [2.24, 2.45) is 18.9 Å². The van der Waals surface area contributed by atoms with Gasteiger partial charge < -0.3 is 0 Å². The molecule has 1 rings (SSSR count). The summed E-state index contributed by atoms with van der Waals surface area (Å²) in [7, 11) is 1.71. The Hall–Kier alpha value is -0.710. The molecular formula is C9H17N3OS. The molecule has 0 aliphatic heterocycles. The highest BCUT2D eigenvalue weighted by Gasteiger charge is 2.14. The summed E-state index contributed by atoms with van der Waals surface area (Å²) in [5.41, 5.74) is -0.0579. The Bertz CT molecular complexity index is 342. The minimum atomic E-state index is -0.0579. The highest BCUT2D eigenvalue weighted by atomic mass is 32.1. The second-order valence-electron chi connectivity index (χ2n) is 3.89. The van der Waals surface area contributed by atoms with Crippen molar-refractivity contribution in [2.45, 2.75) is 20.4 Å². The molecule has 14 heavy (non-hydrogen) atoms. The van der Waals surface area contributed by atoms with Crippen molar-refractivity contribution < 1.29 is 0 Å². The Balaban J connectivity index is 2.77. The fraction of sp³-hybridized carbons (Fsp3) is 0.778. The third kappa shape index (κ3) is 2.41. The number of aryl methyl sites for hydroxylation is 1. The van der Waals surface area contributed by atoms with Crippen molar-refractivity contribution in [3.63, 3.8) is 0 Å². The van der Waals surface area contributed by atoms with E-state index in [1.807, 2.05) is 0 Å². The number of aromatic nitrogens is 3. The van der Waals surface area contributed by atoms with Gasteiger partial charge in [0.05, 0.1) is 6.54 Å². The molecule has 0 radical (unpaired) electrons. The van der Waals surface area contributed by atoms with Gasteiger partial charge in [-0.25, -0.2) is 9.48 Å². The molecule has 1 aromatic rings. The van der Waals surface area contributed by atoms with E-state index in [0.29, 0.717) is 18.4 Å². The Morgan fingerprint density at radius 3 is 2.57 bits per heavy atom. The zero-order chi connectivity index (χ0) is 10.7. The van der Waals surface area contributed by atoms with Gasteiger partial charge in [-0.3, -0.25) is 4.57 Å². The van der Waals surface area contributed by atoms with Gasteiger partial charge in [0.15, 0.2) is 0 Å². The molecule has 0 spiro atoms. The summed E-state index contributed by atoms with van der Waals surface area (Å²) in [6.07, 6.45) is 1.54. The molecule has 0 amide bonds. The van der Waals surface area contributed by atoms with Crippen LogP contribution < -0.4 is 5.69 Å². The standard InChI is InChI=1S/C9H17N3OS/c1-7(2)8(5-14)4-12-9(13)11(3)6-10-12/h6-8,14H,4-5H2,1-3H3. The third-order valence-electron chi connectivity index (χ3n) is 2.47. The van der Waals surface area contributed by atoms with Gasteiger partial charge in [-0.05, 0) is 17.6 Å². The molecule has 1 atom stereocenters. The molecule has 0 N–H and O–H groups in total. The lowest BCUT2D eigenvalue weighted by Gasteiger charge is -2.17. The van der Waals surface area contributed by atoms with Gasteiger partial charge in [-0.2, -0.15) is 17.7 Å². The molecule has 1 aromatic heterocycles. The van der Waals surface area contributed by atoms with E-state index >= 15 is 0 Å². The average Bonchev–Trinajstić information content (AvgIpc) is 2.44. The zero-order valence-electron chi connectivity index (χ0n) is 8.84. The molecular weight excluding hydrogens is 198 g/mol. The number of thiol groups is 1. The van der Waals surface area contributed by atoms with E-state index in [1.54, 1.807) is 7.05 Å². The van der Waals surface area contributed by atoms with Crippen molar-refractivity contribution in [3.8, 4) is 0 Å². The SMILES string of the molecule is CC(C)C(CS)Cn1ncn(C)c1=O. The minimum Gasteiger partial charge on any atom is -0.285 e. The van der Waals surface area contributed by atoms with E-state index < -0.39 is 0 Å². The number of rotatable bonds is 4. The zero-order valence-corrected chi connectivity index (χ0v) is 9.74.